The van der Waals surface area contributed by atoms with Crippen LogP contribution in [0.4, 0.5) is 10.2 Å². The van der Waals surface area contributed by atoms with E-state index in [0.29, 0.717) is 32.8 Å². The van der Waals surface area contributed by atoms with Gasteiger partial charge in [-0.3, -0.25) is 5.10 Å². The number of nitrogens with one attached hydrogen (secondary N) is 2. The third kappa shape index (κ3) is 4.51. The second-order valence-corrected chi connectivity index (χ2v) is 10.8. The summed E-state index contributed by atoms with van der Waals surface area (Å²) in [6, 6.07) is 2.04. The number of rotatable bonds is 4. The molecule has 194 valence electrons. The van der Waals surface area contributed by atoms with Crippen LogP contribution in [0.15, 0.2) is 12.3 Å². The van der Waals surface area contributed by atoms with Crippen LogP contribution in [0.5, 0.6) is 6.01 Å². The van der Waals surface area contributed by atoms with Gasteiger partial charge in [0.05, 0.1) is 11.2 Å². The van der Waals surface area contributed by atoms with Gasteiger partial charge in [-0.15, -0.1) is 12.4 Å². The number of hydrogen-bond acceptors (Lipinski definition) is 7. The number of hydrogen-bond donors (Lipinski definition) is 2. The Bertz CT molecular complexity index is 1250. The van der Waals surface area contributed by atoms with Crippen LogP contribution in [-0.4, -0.2) is 77.5 Å². The number of ether oxygens (including phenoxy) is 1. The number of anilines is 1. The lowest BCUT2D eigenvalue weighted by molar-refractivity contribution is 0.105. The Kier molecular flexibility index (Phi) is 7.02. The number of H-pyrrole nitrogens is 1. The zero-order valence-corrected chi connectivity index (χ0v) is 22.2. The average molecular weight is 536 g/mol. The number of benzene rings is 1. The van der Waals surface area contributed by atoms with Crippen molar-refractivity contribution >= 4 is 40.7 Å². The molecule has 3 saturated heterocycles. The van der Waals surface area contributed by atoms with Crippen LogP contribution in [0.25, 0.3) is 22.0 Å². The molecule has 0 amide bonds. The molecule has 11 heteroatoms. The standard InChI is InChI=1S/C25H31ClFN7O.ClH/c1-15-18(12-29-32-15)20-19(26)11-17-22(21(20)27)30-24(35-16-3-7-33(2)8-4-16)31-23(17)34-9-5-25(6-10-34)13-28-14-25;/h11-12,16,28H,3-10,13-14H2,1-2H3,(H,29,32);1H. The van der Waals surface area contributed by atoms with Gasteiger partial charge in [0, 0.05) is 61.5 Å². The van der Waals surface area contributed by atoms with Crippen LogP contribution < -0.4 is 15.0 Å². The van der Waals surface area contributed by atoms with Gasteiger partial charge in [-0.05, 0) is 51.1 Å². The van der Waals surface area contributed by atoms with Crippen molar-refractivity contribution in [2.45, 2.75) is 38.7 Å². The van der Waals surface area contributed by atoms with Crippen molar-refractivity contribution in [3.05, 3.63) is 28.8 Å². The lowest BCUT2D eigenvalue weighted by atomic mass is 9.73. The predicted octanol–water partition coefficient (Wildman–Crippen LogP) is 4.21. The molecule has 5 heterocycles. The second-order valence-electron chi connectivity index (χ2n) is 10.4. The van der Waals surface area contributed by atoms with E-state index in [2.05, 4.69) is 37.3 Å². The topological polar surface area (TPSA) is 82.2 Å². The SMILES string of the molecule is Cc1[nH]ncc1-c1c(Cl)cc2c(N3CCC4(CC3)CNC4)nc(OC3CCN(C)CC3)nc2c1F.Cl. The molecular weight excluding hydrogens is 504 g/mol. The summed E-state index contributed by atoms with van der Waals surface area (Å²) in [6.45, 7) is 7.64. The van der Waals surface area contributed by atoms with Gasteiger partial charge in [-0.1, -0.05) is 11.6 Å². The molecule has 3 aromatic rings. The van der Waals surface area contributed by atoms with Crippen molar-refractivity contribution in [2.24, 2.45) is 5.41 Å². The lowest BCUT2D eigenvalue weighted by Gasteiger charge is -2.48. The van der Waals surface area contributed by atoms with Gasteiger partial charge in [-0.2, -0.15) is 15.1 Å². The van der Waals surface area contributed by atoms with E-state index in [9.17, 15) is 0 Å². The van der Waals surface area contributed by atoms with Crippen LogP contribution in [0.1, 0.15) is 31.4 Å². The Morgan fingerprint density at radius 1 is 1.14 bits per heavy atom. The Labute approximate surface area is 221 Å². The number of nitrogens with zero attached hydrogens (tertiary/aromatic N) is 5. The van der Waals surface area contributed by atoms with Crippen molar-refractivity contribution in [3.63, 3.8) is 0 Å². The summed E-state index contributed by atoms with van der Waals surface area (Å²) >= 11 is 6.67. The summed E-state index contributed by atoms with van der Waals surface area (Å²) < 4.78 is 22.4. The third-order valence-electron chi connectivity index (χ3n) is 8.00. The summed E-state index contributed by atoms with van der Waals surface area (Å²) in [4.78, 5) is 14.0. The van der Waals surface area contributed by atoms with Crippen molar-refractivity contribution < 1.29 is 9.13 Å². The highest BCUT2D eigenvalue weighted by molar-refractivity contribution is 6.34. The molecule has 1 aromatic carbocycles. The number of halogens is 3. The van der Waals surface area contributed by atoms with Gasteiger partial charge in [0.25, 0.3) is 0 Å². The minimum absolute atomic E-state index is 0. The Morgan fingerprint density at radius 2 is 1.86 bits per heavy atom. The second kappa shape index (κ2) is 9.93. The number of likely N-dealkylation sites (tertiary alicyclic amines) is 1. The molecule has 6 rings (SSSR count). The molecule has 0 bridgehead atoms. The molecule has 3 aliphatic rings. The molecule has 36 heavy (non-hydrogen) atoms. The monoisotopic (exact) mass is 535 g/mol. The van der Waals surface area contributed by atoms with Crippen LogP contribution in [0.3, 0.4) is 0 Å². The van der Waals surface area contributed by atoms with Crippen LogP contribution in [0, 0.1) is 18.2 Å². The van der Waals surface area contributed by atoms with E-state index in [1.54, 1.807) is 12.3 Å². The first kappa shape index (κ1) is 25.4. The Hall–Kier alpha value is -2.20. The number of piperidine rings is 2. The zero-order chi connectivity index (χ0) is 24.2. The zero-order valence-electron chi connectivity index (χ0n) is 20.6. The molecule has 2 aromatic heterocycles. The summed E-state index contributed by atoms with van der Waals surface area (Å²) in [7, 11) is 2.11. The Morgan fingerprint density at radius 3 is 2.47 bits per heavy atom. The molecular formula is C25H32Cl2FN7O. The van der Waals surface area contributed by atoms with E-state index in [4.69, 9.17) is 21.3 Å². The van der Waals surface area contributed by atoms with Gasteiger partial charge < -0.3 is 19.9 Å². The highest BCUT2D eigenvalue weighted by Crippen LogP contribution is 2.42. The van der Waals surface area contributed by atoms with E-state index in [-0.39, 0.29) is 30.0 Å². The summed E-state index contributed by atoms with van der Waals surface area (Å²) in [5.74, 6) is 0.238. The maximum absolute atomic E-state index is 16.1. The summed E-state index contributed by atoms with van der Waals surface area (Å²) in [5.41, 5.74) is 2.31. The number of aromatic nitrogens is 4. The van der Waals surface area contributed by atoms with E-state index in [1.807, 2.05) is 6.92 Å². The molecule has 0 saturated carbocycles. The molecule has 0 aliphatic carbocycles. The number of aryl methyl sites for hydroxylation is 1. The maximum Gasteiger partial charge on any atom is 0.319 e. The van der Waals surface area contributed by atoms with Crippen molar-refractivity contribution in [3.8, 4) is 17.1 Å². The van der Waals surface area contributed by atoms with Gasteiger partial charge in [0.15, 0.2) is 5.82 Å². The van der Waals surface area contributed by atoms with E-state index in [0.717, 1.165) is 70.6 Å². The van der Waals surface area contributed by atoms with Crippen molar-refractivity contribution in [1.29, 1.82) is 0 Å². The largest absolute Gasteiger partial charge is 0.460 e. The molecule has 1 spiro atoms. The van der Waals surface area contributed by atoms with E-state index < -0.39 is 5.82 Å². The van der Waals surface area contributed by atoms with Gasteiger partial charge in [0.1, 0.15) is 17.4 Å². The van der Waals surface area contributed by atoms with Gasteiger partial charge in [-0.25, -0.2) is 4.39 Å². The fourth-order valence-corrected chi connectivity index (χ4v) is 5.87. The number of fused-ring (bicyclic) bond motifs is 1. The molecule has 0 radical (unpaired) electrons. The van der Waals surface area contributed by atoms with Gasteiger partial charge in [0.2, 0.25) is 0 Å². The van der Waals surface area contributed by atoms with Crippen molar-refractivity contribution in [2.75, 3.05) is 51.2 Å². The fraction of sp³-hybridized carbons (Fsp3) is 0.560. The first-order valence-corrected chi connectivity index (χ1v) is 12.8. The van der Waals surface area contributed by atoms with Crippen molar-refractivity contribution in [1.82, 2.24) is 30.4 Å². The molecule has 0 unspecified atom stereocenters. The number of aromatic amines is 1. The lowest BCUT2D eigenvalue weighted by Crippen LogP contribution is -2.58. The highest BCUT2D eigenvalue weighted by Gasteiger charge is 2.40. The minimum Gasteiger partial charge on any atom is -0.460 e. The highest BCUT2D eigenvalue weighted by atomic mass is 35.5. The van der Waals surface area contributed by atoms with E-state index >= 15 is 4.39 Å². The molecule has 2 N–H and O–H groups in total. The summed E-state index contributed by atoms with van der Waals surface area (Å²) in [5, 5.41) is 11.3. The predicted molar refractivity (Wildman–Crippen MR) is 142 cm³/mol. The first-order chi connectivity index (χ1) is 16.9. The average Bonchev–Trinajstić information content (AvgIpc) is 3.25. The maximum atomic E-state index is 16.1. The first-order valence-electron chi connectivity index (χ1n) is 12.4. The van der Waals surface area contributed by atoms with Crippen LogP contribution >= 0.6 is 24.0 Å². The molecule has 3 aliphatic heterocycles. The van der Waals surface area contributed by atoms with Gasteiger partial charge >= 0.3 is 6.01 Å². The minimum atomic E-state index is -0.467. The van der Waals surface area contributed by atoms with Crippen LogP contribution in [0.2, 0.25) is 5.02 Å². The molecule has 3 fully saturated rings. The molecule has 8 nitrogen and oxygen atoms in total. The normalized spacial score (nSPS) is 20.4. The fourth-order valence-electron chi connectivity index (χ4n) is 5.58. The smallest absolute Gasteiger partial charge is 0.319 e. The van der Waals surface area contributed by atoms with Crippen LogP contribution in [-0.2, 0) is 0 Å². The quantitative estimate of drug-likeness (QED) is 0.517. The Balaban J connectivity index is 0.00000267. The summed E-state index contributed by atoms with van der Waals surface area (Å²) in [6.07, 6.45) is 5.58. The third-order valence-corrected chi connectivity index (χ3v) is 8.30. The molecule has 0 atom stereocenters. The van der Waals surface area contributed by atoms with E-state index in [1.165, 1.54) is 0 Å².